The lowest BCUT2D eigenvalue weighted by atomic mass is 10.2. The van der Waals surface area contributed by atoms with Gasteiger partial charge in [0.1, 0.15) is 5.69 Å². The molecule has 0 aromatic carbocycles. The van der Waals surface area contributed by atoms with Gasteiger partial charge >= 0.3 is 5.97 Å². The number of aryl methyl sites for hydroxylation is 2. The first kappa shape index (κ1) is 13.9. The maximum atomic E-state index is 12.0. The lowest BCUT2D eigenvalue weighted by molar-refractivity contribution is 0.0489. The summed E-state index contributed by atoms with van der Waals surface area (Å²) in [5, 5.41) is 4.39. The molecular formula is C15H19N3O3. The van der Waals surface area contributed by atoms with E-state index in [4.69, 9.17) is 9.15 Å². The highest BCUT2D eigenvalue weighted by Gasteiger charge is 2.34. The zero-order valence-electron chi connectivity index (χ0n) is 12.5. The van der Waals surface area contributed by atoms with Gasteiger partial charge in [-0.2, -0.15) is 5.10 Å². The van der Waals surface area contributed by atoms with E-state index in [0.29, 0.717) is 18.4 Å². The molecular weight excluding hydrogens is 270 g/mol. The summed E-state index contributed by atoms with van der Waals surface area (Å²) in [7, 11) is 0. The quantitative estimate of drug-likeness (QED) is 0.791. The van der Waals surface area contributed by atoms with Crippen molar-refractivity contribution in [2.24, 2.45) is 0 Å². The standard InChI is InChI=1S/C15H19N3O3/c1-4-18-11(8-9(3)17-18)14-16-12(10-6-7-10)13(21-14)15(19)20-5-2/h8,10H,4-7H2,1-3H3. The van der Waals surface area contributed by atoms with Gasteiger partial charge in [0.05, 0.1) is 18.0 Å². The van der Waals surface area contributed by atoms with E-state index >= 15 is 0 Å². The van der Waals surface area contributed by atoms with Crippen molar-refractivity contribution in [1.29, 1.82) is 0 Å². The Morgan fingerprint density at radius 3 is 2.86 bits per heavy atom. The van der Waals surface area contributed by atoms with Crippen molar-refractivity contribution in [3.8, 4) is 11.6 Å². The van der Waals surface area contributed by atoms with Gasteiger partial charge in [0.15, 0.2) is 0 Å². The molecule has 2 aromatic rings. The molecule has 3 rings (SSSR count). The molecule has 0 spiro atoms. The molecule has 0 amide bonds. The average molecular weight is 289 g/mol. The van der Waals surface area contributed by atoms with Gasteiger partial charge < -0.3 is 9.15 Å². The molecule has 0 aliphatic heterocycles. The van der Waals surface area contributed by atoms with Crippen molar-refractivity contribution in [1.82, 2.24) is 14.8 Å². The van der Waals surface area contributed by atoms with E-state index in [-0.39, 0.29) is 5.76 Å². The first-order chi connectivity index (χ1) is 10.1. The molecule has 2 aromatic heterocycles. The van der Waals surface area contributed by atoms with Gasteiger partial charge in [0, 0.05) is 12.5 Å². The van der Waals surface area contributed by atoms with Crippen molar-refractivity contribution >= 4 is 5.97 Å². The van der Waals surface area contributed by atoms with Crippen LogP contribution in [-0.4, -0.2) is 27.3 Å². The van der Waals surface area contributed by atoms with Crippen LogP contribution in [0, 0.1) is 6.92 Å². The number of carbonyl (C=O) groups is 1. The van der Waals surface area contributed by atoms with Crippen molar-refractivity contribution in [2.45, 2.75) is 46.1 Å². The summed E-state index contributed by atoms with van der Waals surface area (Å²) in [5.41, 5.74) is 2.42. The van der Waals surface area contributed by atoms with Crippen molar-refractivity contribution < 1.29 is 13.9 Å². The Balaban J connectivity index is 2.03. The highest BCUT2D eigenvalue weighted by molar-refractivity contribution is 5.88. The zero-order chi connectivity index (χ0) is 15.0. The van der Waals surface area contributed by atoms with Crippen LogP contribution in [0.5, 0.6) is 0 Å². The second-order valence-electron chi connectivity index (χ2n) is 5.21. The minimum absolute atomic E-state index is 0.246. The molecule has 1 aliphatic carbocycles. The topological polar surface area (TPSA) is 70.2 Å². The number of rotatable bonds is 5. The summed E-state index contributed by atoms with van der Waals surface area (Å²) in [6, 6.07) is 1.92. The average Bonchev–Trinajstić information content (AvgIpc) is 3.09. The number of hydrogen-bond acceptors (Lipinski definition) is 5. The van der Waals surface area contributed by atoms with Crippen LogP contribution in [0.1, 0.15) is 54.5 Å². The number of esters is 1. The van der Waals surface area contributed by atoms with Crippen LogP contribution in [0.4, 0.5) is 0 Å². The van der Waals surface area contributed by atoms with E-state index in [1.54, 1.807) is 6.92 Å². The molecule has 6 nitrogen and oxygen atoms in total. The molecule has 1 aliphatic rings. The fourth-order valence-corrected chi connectivity index (χ4v) is 2.38. The smallest absolute Gasteiger partial charge is 0.376 e. The van der Waals surface area contributed by atoms with E-state index < -0.39 is 5.97 Å². The van der Waals surface area contributed by atoms with Crippen molar-refractivity contribution in [3.63, 3.8) is 0 Å². The molecule has 112 valence electrons. The monoisotopic (exact) mass is 289 g/mol. The molecule has 1 saturated carbocycles. The van der Waals surface area contributed by atoms with E-state index in [0.717, 1.165) is 36.5 Å². The van der Waals surface area contributed by atoms with Gasteiger partial charge in [-0.25, -0.2) is 9.78 Å². The second kappa shape index (κ2) is 5.35. The van der Waals surface area contributed by atoms with Gasteiger partial charge in [-0.15, -0.1) is 0 Å². The first-order valence-corrected chi connectivity index (χ1v) is 7.36. The molecule has 0 bridgehead atoms. The van der Waals surface area contributed by atoms with E-state index in [2.05, 4.69) is 10.1 Å². The predicted octanol–water partition coefficient (Wildman–Crippen LogP) is 2.92. The molecule has 0 N–H and O–H groups in total. The minimum Gasteiger partial charge on any atom is -0.460 e. The van der Waals surface area contributed by atoms with Crippen LogP contribution in [0.25, 0.3) is 11.6 Å². The molecule has 6 heteroatoms. The van der Waals surface area contributed by atoms with Crippen LogP contribution in [-0.2, 0) is 11.3 Å². The van der Waals surface area contributed by atoms with Crippen molar-refractivity contribution in [2.75, 3.05) is 6.61 Å². The zero-order valence-corrected chi connectivity index (χ0v) is 12.5. The van der Waals surface area contributed by atoms with Crippen LogP contribution in [0.2, 0.25) is 0 Å². The molecule has 0 radical (unpaired) electrons. The summed E-state index contributed by atoms with van der Waals surface area (Å²) in [6.45, 7) is 6.76. The maximum Gasteiger partial charge on any atom is 0.376 e. The Morgan fingerprint density at radius 2 is 2.24 bits per heavy atom. The Kier molecular flexibility index (Phi) is 3.53. The Hall–Kier alpha value is -2.11. The summed E-state index contributed by atoms with van der Waals surface area (Å²) < 4.78 is 12.6. The lowest BCUT2D eigenvalue weighted by Crippen LogP contribution is -2.05. The number of ether oxygens (including phenoxy) is 1. The molecule has 0 saturated heterocycles. The number of carbonyl (C=O) groups excluding carboxylic acids is 1. The van der Waals surface area contributed by atoms with Gasteiger partial charge in [0.25, 0.3) is 0 Å². The SMILES string of the molecule is CCOC(=O)c1oc(-c2cc(C)nn2CC)nc1C1CC1. The summed E-state index contributed by atoms with van der Waals surface area (Å²) >= 11 is 0. The molecule has 1 fully saturated rings. The van der Waals surface area contributed by atoms with E-state index in [1.807, 2.05) is 24.6 Å². The number of aromatic nitrogens is 3. The first-order valence-electron chi connectivity index (χ1n) is 7.36. The summed E-state index contributed by atoms with van der Waals surface area (Å²) in [6.07, 6.45) is 2.09. The Labute approximate surface area is 123 Å². The molecule has 0 atom stereocenters. The highest BCUT2D eigenvalue weighted by atomic mass is 16.5. The molecule has 2 heterocycles. The number of hydrogen-bond donors (Lipinski definition) is 0. The normalized spacial score (nSPS) is 14.4. The highest BCUT2D eigenvalue weighted by Crippen LogP contribution is 2.42. The summed E-state index contributed by atoms with van der Waals surface area (Å²) in [5.74, 6) is 0.580. The number of oxazole rings is 1. The molecule has 0 unspecified atom stereocenters. The third-order valence-electron chi connectivity index (χ3n) is 3.50. The summed E-state index contributed by atoms with van der Waals surface area (Å²) in [4.78, 5) is 16.6. The third kappa shape index (κ3) is 2.57. The van der Waals surface area contributed by atoms with Crippen LogP contribution < -0.4 is 0 Å². The van der Waals surface area contributed by atoms with Crippen LogP contribution in [0.15, 0.2) is 10.5 Å². The fraction of sp³-hybridized carbons (Fsp3) is 0.533. The Morgan fingerprint density at radius 1 is 1.48 bits per heavy atom. The minimum atomic E-state index is -0.433. The van der Waals surface area contributed by atoms with Crippen LogP contribution in [0.3, 0.4) is 0 Å². The third-order valence-corrected chi connectivity index (χ3v) is 3.50. The lowest BCUT2D eigenvalue weighted by Gasteiger charge is -2.00. The maximum absolute atomic E-state index is 12.0. The molecule has 21 heavy (non-hydrogen) atoms. The van der Waals surface area contributed by atoms with Gasteiger partial charge in [0.2, 0.25) is 11.7 Å². The largest absolute Gasteiger partial charge is 0.460 e. The van der Waals surface area contributed by atoms with E-state index in [9.17, 15) is 4.79 Å². The van der Waals surface area contributed by atoms with Gasteiger partial charge in [-0.1, -0.05) is 0 Å². The van der Waals surface area contributed by atoms with Crippen LogP contribution >= 0.6 is 0 Å². The second-order valence-corrected chi connectivity index (χ2v) is 5.21. The van der Waals surface area contributed by atoms with Gasteiger partial charge in [-0.05, 0) is 39.7 Å². The fourth-order valence-electron chi connectivity index (χ4n) is 2.38. The van der Waals surface area contributed by atoms with Gasteiger partial charge in [-0.3, -0.25) is 4.68 Å². The van der Waals surface area contributed by atoms with Crippen molar-refractivity contribution in [3.05, 3.63) is 23.2 Å². The van der Waals surface area contributed by atoms with E-state index in [1.165, 1.54) is 0 Å². The number of nitrogens with zero attached hydrogens (tertiary/aromatic N) is 3. The predicted molar refractivity (Wildman–Crippen MR) is 76.1 cm³/mol. The Bertz CT molecular complexity index is 668.